The molecule has 1 heterocycles. The molecule has 0 aliphatic carbocycles. The van der Waals surface area contributed by atoms with Crippen molar-refractivity contribution in [3.8, 4) is 0 Å². The van der Waals surface area contributed by atoms with Gasteiger partial charge in [0.1, 0.15) is 11.4 Å². The molecule has 0 radical (unpaired) electrons. The number of hydrogen-bond donors (Lipinski definition) is 0. The second-order valence-electron chi connectivity index (χ2n) is 5.37. The summed E-state index contributed by atoms with van der Waals surface area (Å²) in [5.41, 5.74) is 1.34. The lowest BCUT2D eigenvalue weighted by Crippen LogP contribution is -2.33. The van der Waals surface area contributed by atoms with Gasteiger partial charge in [-0.25, -0.2) is 9.18 Å². The van der Waals surface area contributed by atoms with Crippen LogP contribution < -0.4 is 0 Å². The average molecular weight is 363 g/mol. The summed E-state index contributed by atoms with van der Waals surface area (Å²) in [6, 6.07) is 3.29. The molecule has 98 valence electrons. The second-order valence-corrected chi connectivity index (χ2v) is 6.53. The molecule has 0 fully saturated rings. The van der Waals surface area contributed by atoms with E-state index < -0.39 is 5.60 Å². The van der Waals surface area contributed by atoms with Gasteiger partial charge in [-0.3, -0.25) is 4.90 Å². The van der Waals surface area contributed by atoms with E-state index in [4.69, 9.17) is 4.74 Å². The highest BCUT2D eigenvalue weighted by Gasteiger charge is 2.28. The van der Waals surface area contributed by atoms with Crippen LogP contribution in [-0.2, 0) is 17.8 Å². The highest BCUT2D eigenvalue weighted by atomic mass is 127. The van der Waals surface area contributed by atoms with E-state index in [1.807, 2.05) is 43.4 Å². The monoisotopic (exact) mass is 363 g/mol. The maximum absolute atomic E-state index is 13.4. The number of hydrogen-bond acceptors (Lipinski definition) is 2. The van der Waals surface area contributed by atoms with Gasteiger partial charge in [0.05, 0.1) is 0 Å². The second kappa shape index (κ2) is 4.68. The molecule has 1 aromatic rings. The molecule has 1 aliphatic rings. The van der Waals surface area contributed by atoms with Gasteiger partial charge < -0.3 is 4.74 Å². The first-order chi connectivity index (χ1) is 8.26. The number of rotatable bonds is 0. The fraction of sp³-hybridized carbons (Fsp3) is 0.462. The molecule has 1 aliphatic heterocycles. The molecular weight excluding hydrogens is 348 g/mol. The van der Waals surface area contributed by atoms with Crippen LogP contribution in [0, 0.1) is 9.39 Å². The zero-order chi connectivity index (χ0) is 13.5. The van der Waals surface area contributed by atoms with Crippen molar-refractivity contribution in [2.75, 3.05) is 0 Å². The van der Waals surface area contributed by atoms with Crippen LogP contribution >= 0.6 is 22.6 Å². The van der Waals surface area contributed by atoms with Crippen molar-refractivity contribution in [3.63, 3.8) is 0 Å². The topological polar surface area (TPSA) is 29.5 Å². The molecule has 0 saturated carbocycles. The number of ether oxygens (including phenoxy) is 1. The number of carbonyl (C=O) groups excluding carboxylic acids is 1. The maximum atomic E-state index is 13.4. The summed E-state index contributed by atoms with van der Waals surface area (Å²) in [6.45, 7) is 6.39. The number of carbonyl (C=O) groups is 1. The third-order valence-corrected chi connectivity index (χ3v) is 3.44. The van der Waals surface area contributed by atoms with Crippen LogP contribution in [-0.4, -0.2) is 16.6 Å². The van der Waals surface area contributed by atoms with E-state index in [1.165, 1.54) is 6.07 Å². The highest BCUT2D eigenvalue weighted by molar-refractivity contribution is 14.1. The van der Waals surface area contributed by atoms with Gasteiger partial charge >= 0.3 is 6.09 Å². The number of nitrogens with zero attached hydrogens (tertiary/aromatic N) is 1. The summed E-state index contributed by atoms with van der Waals surface area (Å²) in [4.78, 5) is 13.5. The Balaban J connectivity index is 2.13. The SMILES string of the molecule is CC(C)(C)OC(=O)N1Cc2cc(F)c(I)cc2C1. The molecule has 3 nitrogen and oxygen atoms in total. The van der Waals surface area contributed by atoms with Crippen LogP contribution in [0.15, 0.2) is 12.1 Å². The zero-order valence-corrected chi connectivity index (χ0v) is 12.7. The molecule has 0 bridgehead atoms. The van der Waals surface area contributed by atoms with Gasteiger partial charge in [0.25, 0.3) is 0 Å². The van der Waals surface area contributed by atoms with Crippen LogP contribution in [0.3, 0.4) is 0 Å². The predicted octanol–water partition coefficient (Wildman–Crippen LogP) is 3.68. The largest absolute Gasteiger partial charge is 0.444 e. The molecule has 0 saturated heterocycles. The van der Waals surface area contributed by atoms with E-state index in [0.717, 1.165) is 11.1 Å². The van der Waals surface area contributed by atoms with Gasteiger partial charge in [0.15, 0.2) is 0 Å². The summed E-state index contributed by atoms with van der Waals surface area (Å²) in [7, 11) is 0. The Labute approximate surface area is 119 Å². The average Bonchev–Trinajstić information content (AvgIpc) is 2.59. The Morgan fingerprint density at radius 3 is 2.44 bits per heavy atom. The summed E-state index contributed by atoms with van der Waals surface area (Å²) in [5, 5.41) is 0. The first kappa shape index (κ1) is 13.6. The van der Waals surface area contributed by atoms with E-state index in [0.29, 0.717) is 16.7 Å². The summed E-state index contributed by atoms with van der Waals surface area (Å²) in [6.07, 6.45) is -0.353. The molecule has 1 aromatic carbocycles. The number of amides is 1. The smallest absolute Gasteiger partial charge is 0.410 e. The first-order valence-corrected chi connectivity index (χ1v) is 6.79. The van der Waals surface area contributed by atoms with Crippen molar-refractivity contribution in [2.24, 2.45) is 0 Å². The Morgan fingerprint density at radius 2 is 1.89 bits per heavy atom. The van der Waals surface area contributed by atoms with E-state index in [1.54, 1.807) is 11.0 Å². The quantitative estimate of drug-likeness (QED) is 0.659. The maximum Gasteiger partial charge on any atom is 0.410 e. The molecule has 1 amide bonds. The highest BCUT2D eigenvalue weighted by Crippen LogP contribution is 2.27. The van der Waals surface area contributed by atoms with Crippen molar-refractivity contribution >= 4 is 28.7 Å². The van der Waals surface area contributed by atoms with Gasteiger partial charge in [-0.1, -0.05) is 0 Å². The normalized spacial score (nSPS) is 14.6. The molecule has 5 heteroatoms. The van der Waals surface area contributed by atoms with Gasteiger partial charge in [0, 0.05) is 16.7 Å². The Kier molecular flexibility index (Phi) is 3.53. The third-order valence-electron chi connectivity index (χ3n) is 2.62. The molecule has 0 N–H and O–H groups in total. The van der Waals surface area contributed by atoms with Crippen LogP contribution in [0.4, 0.5) is 9.18 Å². The molecule has 18 heavy (non-hydrogen) atoms. The zero-order valence-electron chi connectivity index (χ0n) is 10.6. The third kappa shape index (κ3) is 2.93. The van der Waals surface area contributed by atoms with E-state index in [-0.39, 0.29) is 11.9 Å². The Hall–Kier alpha value is -0.850. The van der Waals surface area contributed by atoms with Gasteiger partial charge in [0.2, 0.25) is 0 Å². The minimum Gasteiger partial charge on any atom is -0.444 e. The van der Waals surface area contributed by atoms with Crippen molar-refractivity contribution < 1.29 is 13.9 Å². The van der Waals surface area contributed by atoms with E-state index in [2.05, 4.69) is 0 Å². The number of benzene rings is 1. The lowest BCUT2D eigenvalue weighted by molar-refractivity contribution is 0.0242. The lowest BCUT2D eigenvalue weighted by atomic mass is 10.1. The summed E-state index contributed by atoms with van der Waals surface area (Å²) >= 11 is 1.95. The lowest BCUT2D eigenvalue weighted by Gasteiger charge is -2.24. The van der Waals surface area contributed by atoms with Crippen LogP contribution in [0.1, 0.15) is 31.9 Å². The summed E-state index contributed by atoms with van der Waals surface area (Å²) < 4.78 is 19.3. The van der Waals surface area contributed by atoms with Crippen LogP contribution in [0.25, 0.3) is 0 Å². The van der Waals surface area contributed by atoms with Gasteiger partial charge in [-0.05, 0) is 66.6 Å². The summed E-state index contributed by atoms with van der Waals surface area (Å²) in [5.74, 6) is -0.236. The predicted molar refractivity (Wildman–Crippen MR) is 74.6 cm³/mol. The van der Waals surface area contributed by atoms with E-state index in [9.17, 15) is 9.18 Å². The number of fused-ring (bicyclic) bond motifs is 1. The first-order valence-electron chi connectivity index (χ1n) is 5.71. The fourth-order valence-electron chi connectivity index (χ4n) is 1.85. The van der Waals surface area contributed by atoms with E-state index >= 15 is 0 Å². The molecule has 2 rings (SSSR count). The minimum absolute atomic E-state index is 0.236. The van der Waals surface area contributed by atoms with Gasteiger partial charge in [-0.2, -0.15) is 0 Å². The van der Waals surface area contributed by atoms with Crippen molar-refractivity contribution in [1.82, 2.24) is 4.90 Å². The molecule has 0 atom stereocenters. The minimum atomic E-state index is -0.508. The fourth-order valence-corrected chi connectivity index (χ4v) is 2.38. The van der Waals surface area contributed by atoms with Crippen molar-refractivity contribution in [2.45, 2.75) is 39.5 Å². The Morgan fingerprint density at radius 1 is 1.33 bits per heavy atom. The number of halogens is 2. The van der Waals surface area contributed by atoms with Crippen LogP contribution in [0.2, 0.25) is 0 Å². The molecule has 0 aromatic heterocycles. The standard InChI is InChI=1S/C13H15FINO2/c1-13(2,3)18-12(17)16-6-8-4-10(14)11(15)5-9(8)7-16/h4-5H,6-7H2,1-3H3. The molecular formula is C13H15FINO2. The van der Waals surface area contributed by atoms with Crippen molar-refractivity contribution in [3.05, 3.63) is 32.6 Å². The Bertz CT molecular complexity index is 465. The molecule has 0 spiro atoms. The molecule has 0 unspecified atom stereocenters. The van der Waals surface area contributed by atoms with Crippen LogP contribution in [0.5, 0.6) is 0 Å². The van der Waals surface area contributed by atoms with Crippen molar-refractivity contribution in [1.29, 1.82) is 0 Å². The van der Waals surface area contributed by atoms with Gasteiger partial charge in [-0.15, -0.1) is 0 Å².